The fourth-order valence-corrected chi connectivity index (χ4v) is 5.27. The van der Waals surface area contributed by atoms with Gasteiger partial charge in [0.15, 0.2) is 0 Å². The van der Waals surface area contributed by atoms with Gasteiger partial charge in [-0.25, -0.2) is 8.42 Å². The SMILES string of the molecule is CC(C)N1CCC(N(C)S(=O)(=O)c2cccc3nsnc23)CC1. The van der Waals surface area contributed by atoms with E-state index in [2.05, 4.69) is 27.5 Å². The molecule has 0 unspecified atom stereocenters. The first-order valence-electron chi connectivity index (χ1n) is 7.84. The van der Waals surface area contributed by atoms with E-state index in [0.717, 1.165) is 37.7 Å². The van der Waals surface area contributed by atoms with Crippen molar-refractivity contribution in [2.24, 2.45) is 0 Å². The van der Waals surface area contributed by atoms with Gasteiger partial charge in [0.25, 0.3) is 0 Å². The highest BCUT2D eigenvalue weighted by Crippen LogP contribution is 2.27. The van der Waals surface area contributed by atoms with E-state index in [-0.39, 0.29) is 10.9 Å². The van der Waals surface area contributed by atoms with Crippen LogP contribution in [0, 0.1) is 0 Å². The summed E-state index contributed by atoms with van der Waals surface area (Å²) >= 11 is 1.04. The molecule has 23 heavy (non-hydrogen) atoms. The van der Waals surface area contributed by atoms with Crippen molar-refractivity contribution < 1.29 is 8.42 Å². The molecule has 1 aliphatic heterocycles. The number of piperidine rings is 1. The number of likely N-dealkylation sites (tertiary alicyclic amines) is 1. The highest BCUT2D eigenvalue weighted by atomic mass is 32.2. The fraction of sp³-hybridized carbons (Fsp3) is 0.600. The van der Waals surface area contributed by atoms with Crippen molar-refractivity contribution in [2.75, 3.05) is 20.1 Å². The Balaban J connectivity index is 1.84. The van der Waals surface area contributed by atoms with Crippen LogP contribution in [-0.4, -0.2) is 58.6 Å². The van der Waals surface area contributed by atoms with Crippen LogP contribution >= 0.6 is 11.7 Å². The van der Waals surface area contributed by atoms with Crippen LogP contribution in [0.3, 0.4) is 0 Å². The molecule has 1 aromatic heterocycles. The van der Waals surface area contributed by atoms with Gasteiger partial charge in [-0.15, -0.1) is 0 Å². The van der Waals surface area contributed by atoms with E-state index in [4.69, 9.17) is 0 Å². The molecule has 0 bridgehead atoms. The Bertz CT molecular complexity index is 780. The molecule has 8 heteroatoms. The van der Waals surface area contributed by atoms with Crippen molar-refractivity contribution in [1.29, 1.82) is 0 Å². The zero-order chi connectivity index (χ0) is 16.6. The van der Waals surface area contributed by atoms with Gasteiger partial charge in [0.05, 0.1) is 11.7 Å². The van der Waals surface area contributed by atoms with Gasteiger partial charge >= 0.3 is 0 Å². The smallest absolute Gasteiger partial charge is 0.245 e. The molecule has 2 aromatic rings. The number of rotatable bonds is 4. The summed E-state index contributed by atoms with van der Waals surface area (Å²) in [5.74, 6) is 0. The molecule has 1 saturated heterocycles. The Hall–Kier alpha value is -1.09. The van der Waals surface area contributed by atoms with Gasteiger partial charge in [0, 0.05) is 19.1 Å². The van der Waals surface area contributed by atoms with Crippen LogP contribution in [0.1, 0.15) is 26.7 Å². The van der Waals surface area contributed by atoms with E-state index in [1.165, 1.54) is 4.31 Å². The lowest BCUT2D eigenvalue weighted by atomic mass is 10.0. The molecule has 1 aliphatic rings. The molecule has 0 saturated carbocycles. The first-order valence-corrected chi connectivity index (χ1v) is 10.0. The number of hydrogen-bond acceptors (Lipinski definition) is 6. The van der Waals surface area contributed by atoms with E-state index in [1.807, 2.05) is 0 Å². The largest absolute Gasteiger partial charge is 0.301 e. The van der Waals surface area contributed by atoms with Crippen molar-refractivity contribution in [2.45, 2.75) is 43.7 Å². The number of nitrogens with zero attached hydrogens (tertiary/aromatic N) is 4. The van der Waals surface area contributed by atoms with Crippen molar-refractivity contribution in [1.82, 2.24) is 18.0 Å². The number of fused-ring (bicyclic) bond motifs is 1. The zero-order valence-electron chi connectivity index (χ0n) is 13.6. The van der Waals surface area contributed by atoms with E-state index in [1.54, 1.807) is 25.2 Å². The quantitative estimate of drug-likeness (QED) is 0.842. The van der Waals surface area contributed by atoms with Gasteiger partial charge in [0.1, 0.15) is 15.9 Å². The predicted molar refractivity (Wildman–Crippen MR) is 92.1 cm³/mol. The monoisotopic (exact) mass is 354 g/mol. The van der Waals surface area contributed by atoms with Crippen LogP contribution in [-0.2, 0) is 10.0 Å². The topological polar surface area (TPSA) is 66.4 Å². The Labute approximate surface area is 141 Å². The van der Waals surface area contributed by atoms with E-state index >= 15 is 0 Å². The Morgan fingerprint density at radius 2 is 1.96 bits per heavy atom. The molecule has 0 spiro atoms. The van der Waals surface area contributed by atoms with Crippen molar-refractivity contribution in [3.8, 4) is 0 Å². The molecule has 126 valence electrons. The fourth-order valence-electron chi connectivity index (χ4n) is 3.11. The molecular formula is C15H22N4O2S2. The highest BCUT2D eigenvalue weighted by molar-refractivity contribution is 7.89. The van der Waals surface area contributed by atoms with Gasteiger partial charge < -0.3 is 4.90 Å². The maximum atomic E-state index is 13.0. The molecule has 1 fully saturated rings. The van der Waals surface area contributed by atoms with E-state index in [0.29, 0.717) is 17.1 Å². The third-order valence-electron chi connectivity index (χ3n) is 4.65. The minimum absolute atomic E-state index is 0.0388. The number of hydrogen-bond donors (Lipinski definition) is 0. The van der Waals surface area contributed by atoms with Gasteiger partial charge in [-0.05, 0) is 51.9 Å². The van der Waals surface area contributed by atoms with Crippen molar-refractivity contribution >= 4 is 32.8 Å². The average molecular weight is 355 g/mol. The second-order valence-corrected chi connectivity index (χ2v) is 8.76. The summed E-state index contributed by atoms with van der Waals surface area (Å²) in [7, 11) is -1.87. The van der Waals surface area contributed by atoms with Crippen LogP contribution in [0.2, 0.25) is 0 Å². The molecule has 3 rings (SSSR count). The molecular weight excluding hydrogens is 332 g/mol. The van der Waals surface area contributed by atoms with Crippen LogP contribution in [0.4, 0.5) is 0 Å². The lowest BCUT2D eigenvalue weighted by Crippen LogP contribution is -2.47. The lowest BCUT2D eigenvalue weighted by Gasteiger charge is -2.37. The summed E-state index contributed by atoms with van der Waals surface area (Å²) in [4.78, 5) is 2.65. The summed E-state index contributed by atoms with van der Waals surface area (Å²) < 4.78 is 35.8. The van der Waals surface area contributed by atoms with E-state index in [9.17, 15) is 8.42 Å². The molecule has 0 aliphatic carbocycles. The Morgan fingerprint density at radius 3 is 2.61 bits per heavy atom. The highest BCUT2D eigenvalue weighted by Gasteiger charge is 2.32. The van der Waals surface area contributed by atoms with Crippen LogP contribution in [0.25, 0.3) is 11.0 Å². The standard InChI is InChI=1S/C15H22N4O2S2/c1-11(2)19-9-7-12(8-10-19)18(3)23(20,21)14-6-4-5-13-15(14)17-22-16-13/h4-6,11-12H,7-10H2,1-3H3. The normalized spacial score (nSPS) is 18.3. The molecule has 6 nitrogen and oxygen atoms in total. The molecule has 0 amide bonds. The van der Waals surface area contributed by atoms with Crippen LogP contribution < -0.4 is 0 Å². The first-order chi connectivity index (χ1) is 10.9. The Kier molecular flexibility index (Phi) is 4.68. The van der Waals surface area contributed by atoms with Crippen LogP contribution in [0.5, 0.6) is 0 Å². The third kappa shape index (κ3) is 3.13. The van der Waals surface area contributed by atoms with E-state index < -0.39 is 10.0 Å². The second kappa shape index (κ2) is 6.43. The minimum Gasteiger partial charge on any atom is -0.301 e. The molecule has 0 N–H and O–H groups in total. The second-order valence-electron chi connectivity index (χ2n) is 6.27. The summed E-state index contributed by atoms with van der Waals surface area (Å²) in [5.41, 5.74) is 1.11. The maximum absolute atomic E-state index is 13.0. The molecule has 2 heterocycles. The van der Waals surface area contributed by atoms with Crippen molar-refractivity contribution in [3.63, 3.8) is 0 Å². The van der Waals surface area contributed by atoms with Gasteiger partial charge in [-0.3, -0.25) is 0 Å². The third-order valence-corrected chi connectivity index (χ3v) is 7.13. The number of sulfonamides is 1. The predicted octanol–water partition coefficient (Wildman–Crippen LogP) is 2.18. The van der Waals surface area contributed by atoms with Crippen molar-refractivity contribution in [3.05, 3.63) is 18.2 Å². The lowest BCUT2D eigenvalue weighted by molar-refractivity contribution is 0.140. The van der Waals surface area contributed by atoms with Gasteiger partial charge in [0.2, 0.25) is 10.0 Å². The summed E-state index contributed by atoms with van der Waals surface area (Å²) in [6.07, 6.45) is 1.72. The number of benzene rings is 1. The summed E-state index contributed by atoms with van der Waals surface area (Å²) in [6.45, 7) is 6.22. The summed E-state index contributed by atoms with van der Waals surface area (Å²) in [6, 6.07) is 5.69. The van der Waals surface area contributed by atoms with Gasteiger partial charge in [-0.2, -0.15) is 13.1 Å². The molecule has 0 atom stereocenters. The Morgan fingerprint density at radius 1 is 1.26 bits per heavy atom. The number of aromatic nitrogens is 2. The first kappa shape index (κ1) is 16.8. The van der Waals surface area contributed by atoms with Gasteiger partial charge in [-0.1, -0.05) is 6.07 Å². The minimum atomic E-state index is -3.55. The van der Waals surface area contributed by atoms with Crippen LogP contribution in [0.15, 0.2) is 23.1 Å². The summed E-state index contributed by atoms with van der Waals surface area (Å²) in [5, 5.41) is 0. The molecule has 1 aromatic carbocycles. The zero-order valence-corrected chi connectivity index (χ0v) is 15.3. The molecule has 0 radical (unpaired) electrons. The maximum Gasteiger partial charge on any atom is 0.245 e. The average Bonchev–Trinajstić information content (AvgIpc) is 3.02.